The van der Waals surface area contributed by atoms with E-state index in [4.69, 9.17) is 16.3 Å². The first kappa shape index (κ1) is 24.8. The van der Waals surface area contributed by atoms with E-state index in [1.807, 2.05) is 24.3 Å². The fraction of sp³-hybridized carbons (Fsp3) is 0.296. The molecule has 8 nitrogen and oxygen atoms in total. The van der Waals surface area contributed by atoms with Gasteiger partial charge >= 0.3 is 0 Å². The molecule has 0 aliphatic carbocycles. The van der Waals surface area contributed by atoms with E-state index in [1.54, 1.807) is 12.0 Å². The third kappa shape index (κ3) is 4.55. The number of hydrogen-bond acceptors (Lipinski definition) is 5. The summed E-state index contributed by atoms with van der Waals surface area (Å²) < 4.78 is 20.1. The second kappa shape index (κ2) is 9.89. The summed E-state index contributed by atoms with van der Waals surface area (Å²) in [5.74, 6) is -1.42. The van der Waals surface area contributed by atoms with Crippen LogP contribution in [0.15, 0.2) is 47.3 Å². The Balaban J connectivity index is 1.49. The van der Waals surface area contributed by atoms with Crippen LogP contribution < -0.4 is 10.3 Å². The maximum Gasteiger partial charge on any atom is 0.294 e. The van der Waals surface area contributed by atoms with Crippen molar-refractivity contribution in [1.29, 1.82) is 0 Å². The normalized spacial score (nSPS) is 15.3. The van der Waals surface area contributed by atoms with E-state index in [0.29, 0.717) is 36.4 Å². The molecule has 0 saturated carbocycles. The van der Waals surface area contributed by atoms with Crippen LogP contribution in [-0.4, -0.2) is 51.5 Å². The molecule has 2 aliphatic rings. The molecule has 192 valence electrons. The molecule has 37 heavy (non-hydrogen) atoms. The highest BCUT2D eigenvalue weighted by atomic mass is 35.5. The van der Waals surface area contributed by atoms with Gasteiger partial charge in [0.05, 0.1) is 17.7 Å². The number of carbonyl (C=O) groups is 2. The third-order valence-electron chi connectivity index (χ3n) is 6.86. The van der Waals surface area contributed by atoms with Crippen LogP contribution in [0.4, 0.5) is 4.39 Å². The number of hydrogen-bond donors (Lipinski definition) is 1. The number of fused-ring (bicyclic) bond motifs is 3. The van der Waals surface area contributed by atoms with Crippen LogP contribution in [-0.2, 0) is 26.1 Å². The number of methoxy groups -OCH3 is 1. The van der Waals surface area contributed by atoms with Crippen LogP contribution in [0.25, 0.3) is 0 Å². The average molecular weight is 526 g/mol. The van der Waals surface area contributed by atoms with Crippen LogP contribution in [0, 0.1) is 5.82 Å². The number of ether oxygens (including phenoxy) is 1. The zero-order valence-corrected chi connectivity index (χ0v) is 20.9. The molecule has 0 fully saturated rings. The van der Waals surface area contributed by atoms with Crippen molar-refractivity contribution in [1.82, 2.24) is 14.4 Å². The van der Waals surface area contributed by atoms with Gasteiger partial charge in [-0.3, -0.25) is 14.4 Å². The maximum atomic E-state index is 13.7. The number of pyridine rings is 1. The number of rotatable bonds is 5. The summed E-state index contributed by atoms with van der Waals surface area (Å²) in [6, 6.07) is 11.6. The first-order valence-corrected chi connectivity index (χ1v) is 12.3. The Labute approximate surface area is 217 Å². The van der Waals surface area contributed by atoms with Gasteiger partial charge in [-0.2, -0.15) is 0 Å². The Bertz CT molecular complexity index is 1450. The summed E-state index contributed by atoms with van der Waals surface area (Å²) in [7, 11) is 1.58. The number of aromatic hydroxyl groups is 1. The number of carbonyl (C=O) groups excluding carboxylic acids is 2. The summed E-state index contributed by atoms with van der Waals surface area (Å²) in [6.45, 7) is 1.39. The lowest BCUT2D eigenvalue weighted by Gasteiger charge is -2.31. The third-order valence-corrected chi connectivity index (χ3v) is 7.15. The van der Waals surface area contributed by atoms with Gasteiger partial charge in [0.15, 0.2) is 5.75 Å². The molecule has 0 spiro atoms. The fourth-order valence-corrected chi connectivity index (χ4v) is 5.18. The molecule has 10 heteroatoms. The van der Waals surface area contributed by atoms with E-state index in [2.05, 4.69) is 0 Å². The standard InChI is InChI=1S/C27H25ClFN3O5/c1-37-18-6-3-16(4-7-18)14-30-10-2-11-32-23(26(30)35)19-9-12-31(25(34)22(19)24(33)27(32)36)15-17-5-8-21(29)20(28)13-17/h3-8,13,33H,2,9-12,14-15H2,1H3. The van der Waals surface area contributed by atoms with Gasteiger partial charge in [0, 0.05) is 38.3 Å². The Kier molecular flexibility index (Phi) is 6.64. The smallest absolute Gasteiger partial charge is 0.294 e. The minimum atomic E-state index is -0.756. The van der Waals surface area contributed by atoms with Crippen molar-refractivity contribution < 1.29 is 23.8 Å². The fourth-order valence-electron chi connectivity index (χ4n) is 4.98. The second-order valence-corrected chi connectivity index (χ2v) is 9.57. The molecule has 5 rings (SSSR count). The van der Waals surface area contributed by atoms with Gasteiger partial charge in [-0.05, 0) is 48.2 Å². The summed E-state index contributed by atoms with van der Waals surface area (Å²) in [5.41, 5.74) is 1.14. The molecule has 0 saturated heterocycles. The zero-order chi connectivity index (χ0) is 26.3. The lowest BCUT2D eigenvalue weighted by Crippen LogP contribution is -2.42. The Hall–Kier alpha value is -3.85. The van der Waals surface area contributed by atoms with E-state index in [0.717, 1.165) is 5.56 Å². The van der Waals surface area contributed by atoms with Crippen molar-refractivity contribution in [2.75, 3.05) is 20.2 Å². The molecule has 0 unspecified atom stereocenters. The monoisotopic (exact) mass is 525 g/mol. The number of nitrogens with zero attached hydrogens (tertiary/aromatic N) is 3. The van der Waals surface area contributed by atoms with Crippen molar-refractivity contribution in [2.24, 2.45) is 0 Å². The first-order valence-electron chi connectivity index (χ1n) is 11.9. The summed E-state index contributed by atoms with van der Waals surface area (Å²) in [5, 5.41) is 10.7. The van der Waals surface area contributed by atoms with Gasteiger partial charge in [-0.15, -0.1) is 0 Å². The molecular formula is C27H25ClFN3O5. The largest absolute Gasteiger partial charge is 0.502 e. The number of amides is 2. The lowest BCUT2D eigenvalue weighted by atomic mass is 9.95. The van der Waals surface area contributed by atoms with Crippen LogP contribution in [0.5, 0.6) is 11.5 Å². The van der Waals surface area contributed by atoms with Gasteiger partial charge < -0.3 is 24.2 Å². The van der Waals surface area contributed by atoms with Gasteiger partial charge in [-0.25, -0.2) is 4.39 Å². The van der Waals surface area contributed by atoms with E-state index in [1.165, 1.54) is 27.7 Å². The maximum absolute atomic E-state index is 13.7. The predicted octanol–water partition coefficient (Wildman–Crippen LogP) is 3.60. The second-order valence-electron chi connectivity index (χ2n) is 9.16. The molecule has 1 N–H and O–H groups in total. The number of benzene rings is 2. The molecule has 2 aromatic carbocycles. The summed E-state index contributed by atoms with van der Waals surface area (Å²) in [4.78, 5) is 43.4. The molecule has 0 atom stereocenters. The number of halogens is 2. The van der Waals surface area contributed by atoms with Crippen molar-refractivity contribution in [3.05, 3.63) is 91.6 Å². The molecule has 3 aromatic rings. The van der Waals surface area contributed by atoms with Crippen LogP contribution >= 0.6 is 11.6 Å². The summed E-state index contributed by atoms with van der Waals surface area (Å²) in [6.07, 6.45) is 0.805. The van der Waals surface area contributed by atoms with E-state index in [-0.39, 0.29) is 48.2 Å². The molecular weight excluding hydrogens is 501 g/mol. The van der Waals surface area contributed by atoms with E-state index >= 15 is 0 Å². The Morgan fingerprint density at radius 2 is 1.62 bits per heavy atom. The van der Waals surface area contributed by atoms with Crippen LogP contribution in [0.2, 0.25) is 5.02 Å². The van der Waals surface area contributed by atoms with E-state index in [9.17, 15) is 23.9 Å². The van der Waals surface area contributed by atoms with Crippen molar-refractivity contribution in [2.45, 2.75) is 32.5 Å². The van der Waals surface area contributed by atoms with Gasteiger partial charge in [0.2, 0.25) is 0 Å². The van der Waals surface area contributed by atoms with Crippen molar-refractivity contribution in [3.8, 4) is 11.5 Å². The van der Waals surface area contributed by atoms with Crippen LogP contribution in [0.3, 0.4) is 0 Å². The van der Waals surface area contributed by atoms with Gasteiger partial charge in [0.1, 0.15) is 17.3 Å². The lowest BCUT2D eigenvalue weighted by molar-refractivity contribution is 0.0716. The Morgan fingerprint density at radius 3 is 2.32 bits per heavy atom. The molecule has 0 bridgehead atoms. The minimum Gasteiger partial charge on any atom is -0.502 e. The molecule has 0 radical (unpaired) electrons. The topological polar surface area (TPSA) is 92.1 Å². The number of aromatic nitrogens is 1. The summed E-state index contributed by atoms with van der Waals surface area (Å²) >= 11 is 5.88. The highest BCUT2D eigenvalue weighted by Gasteiger charge is 2.37. The highest BCUT2D eigenvalue weighted by Crippen LogP contribution is 2.31. The van der Waals surface area contributed by atoms with Crippen molar-refractivity contribution >= 4 is 23.4 Å². The predicted molar refractivity (Wildman–Crippen MR) is 135 cm³/mol. The van der Waals surface area contributed by atoms with E-state index < -0.39 is 23.0 Å². The minimum absolute atomic E-state index is 0.0590. The highest BCUT2D eigenvalue weighted by molar-refractivity contribution is 6.30. The zero-order valence-electron chi connectivity index (χ0n) is 20.2. The Morgan fingerprint density at radius 1 is 0.946 bits per heavy atom. The first-order chi connectivity index (χ1) is 17.8. The average Bonchev–Trinajstić information content (AvgIpc) is 3.05. The van der Waals surface area contributed by atoms with Gasteiger partial charge in [-0.1, -0.05) is 29.8 Å². The molecule has 3 heterocycles. The molecule has 2 aliphatic heterocycles. The molecule has 2 amide bonds. The van der Waals surface area contributed by atoms with Gasteiger partial charge in [0.25, 0.3) is 17.4 Å². The van der Waals surface area contributed by atoms with Crippen LogP contribution in [0.1, 0.15) is 44.0 Å². The SMILES string of the molecule is COc1ccc(CN2CCCn3c(c4c(c(O)c3=O)C(=O)N(Cc3ccc(F)c(Cl)c3)CC4)C2=O)cc1. The quantitative estimate of drug-likeness (QED) is 0.549. The molecule has 1 aromatic heterocycles. The van der Waals surface area contributed by atoms with Crippen molar-refractivity contribution in [3.63, 3.8) is 0 Å².